The average molecular weight is 369 g/mol. The molecule has 0 aromatic carbocycles. The summed E-state index contributed by atoms with van der Waals surface area (Å²) in [5.41, 5.74) is 0.148. The molecule has 0 aliphatic carbocycles. The van der Waals surface area contributed by atoms with Crippen molar-refractivity contribution < 1.29 is 0 Å². The molecule has 0 aromatic rings. The molecule has 0 saturated carbocycles. The number of rotatable bonds is 0. The molecular formula is C10H22Cl2N2Te. The second kappa shape index (κ2) is 4.19. The van der Waals surface area contributed by atoms with Crippen molar-refractivity contribution in [3.63, 3.8) is 0 Å². The van der Waals surface area contributed by atoms with Crippen LogP contribution in [0.15, 0.2) is 0 Å². The Morgan fingerprint density at radius 3 is 1.20 bits per heavy atom. The molecule has 1 aliphatic rings. The summed E-state index contributed by atoms with van der Waals surface area (Å²) < 4.78 is 4.65. The predicted molar refractivity (Wildman–Crippen MR) is 70.4 cm³/mol. The fourth-order valence-electron chi connectivity index (χ4n) is 1.85. The van der Waals surface area contributed by atoms with Crippen molar-refractivity contribution in [2.75, 3.05) is 13.1 Å². The summed E-state index contributed by atoms with van der Waals surface area (Å²) in [5.74, 6) is 0. The molecular weight excluding hydrogens is 347 g/mol. The molecule has 2 nitrogen and oxygen atoms in total. The topological polar surface area (TPSA) is 6.48 Å². The van der Waals surface area contributed by atoms with E-state index in [1.165, 1.54) is 0 Å². The zero-order valence-corrected chi connectivity index (χ0v) is 14.3. The van der Waals surface area contributed by atoms with Crippen LogP contribution in [0.4, 0.5) is 0 Å². The van der Waals surface area contributed by atoms with Crippen molar-refractivity contribution in [3.8, 4) is 0 Å². The van der Waals surface area contributed by atoms with Gasteiger partial charge in [0, 0.05) is 0 Å². The molecule has 0 N–H and O–H groups in total. The summed E-state index contributed by atoms with van der Waals surface area (Å²) in [6.45, 7) is 15.1. The van der Waals surface area contributed by atoms with Crippen LogP contribution in [0.3, 0.4) is 0 Å². The van der Waals surface area contributed by atoms with Crippen LogP contribution in [0.1, 0.15) is 41.5 Å². The minimum atomic E-state index is -3.04. The van der Waals surface area contributed by atoms with E-state index in [0.717, 1.165) is 13.1 Å². The third-order valence-corrected chi connectivity index (χ3v) is 14.2. The Morgan fingerprint density at radius 1 is 0.800 bits per heavy atom. The molecule has 0 spiro atoms. The van der Waals surface area contributed by atoms with E-state index < -0.39 is 16.5 Å². The summed E-state index contributed by atoms with van der Waals surface area (Å²) in [5, 5.41) is 0. The molecule has 0 bridgehead atoms. The molecule has 0 unspecified atom stereocenters. The summed E-state index contributed by atoms with van der Waals surface area (Å²) in [6.07, 6.45) is 0. The Morgan fingerprint density at radius 2 is 1.07 bits per heavy atom. The summed E-state index contributed by atoms with van der Waals surface area (Å²) >= 11 is -3.04. The van der Waals surface area contributed by atoms with Gasteiger partial charge in [-0.15, -0.1) is 0 Å². The summed E-state index contributed by atoms with van der Waals surface area (Å²) in [4.78, 5) is 0. The molecule has 92 valence electrons. The fourth-order valence-corrected chi connectivity index (χ4v) is 15.4. The monoisotopic (exact) mass is 370 g/mol. The zero-order chi connectivity index (χ0) is 12.1. The Hall–Kier alpha value is 1.29. The predicted octanol–water partition coefficient (Wildman–Crippen LogP) is 3.11. The molecule has 15 heavy (non-hydrogen) atoms. The van der Waals surface area contributed by atoms with Crippen molar-refractivity contribution in [2.24, 2.45) is 0 Å². The molecule has 1 fully saturated rings. The van der Waals surface area contributed by atoms with Gasteiger partial charge in [-0.25, -0.2) is 0 Å². The van der Waals surface area contributed by atoms with Gasteiger partial charge in [0.15, 0.2) is 0 Å². The maximum absolute atomic E-state index is 6.68. The SMILES string of the molecule is CC(C)(C)N1CCN(C(C)(C)C)[Te]1(Cl)Cl. The van der Waals surface area contributed by atoms with Crippen LogP contribution >= 0.6 is 17.9 Å². The van der Waals surface area contributed by atoms with E-state index in [1.54, 1.807) is 0 Å². The van der Waals surface area contributed by atoms with Gasteiger partial charge in [-0.2, -0.15) is 0 Å². The molecule has 1 aliphatic heterocycles. The number of hydrogen-bond acceptors (Lipinski definition) is 2. The van der Waals surface area contributed by atoms with E-state index in [4.69, 9.17) is 17.9 Å². The van der Waals surface area contributed by atoms with Gasteiger partial charge < -0.3 is 0 Å². The van der Waals surface area contributed by atoms with Crippen molar-refractivity contribution in [1.82, 2.24) is 6.30 Å². The maximum atomic E-state index is 6.68. The van der Waals surface area contributed by atoms with Crippen LogP contribution in [0.25, 0.3) is 0 Å². The van der Waals surface area contributed by atoms with Gasteiger partial charge >= 0.3 is 106 Å². The van der Waals surface area contributed by atoms with Crippen molar-refractivity contribution in [2.45, 2.75) is 52.6 Å². The first-order valence-electron chi connectivity index (χ1n) is 5.25. The Balaban J connectivity index is 2.95. The first-order valence-corrected chi connectivity index (χ1v) is 13.2. The molecule has 0 radical (unpaired) electrons. The third-order valence-electron chi connectivity index (χ3n) is 2.53. The summed E-state index contributed by atoms with van der Waals surface area (Å²) in [6, 6.07) is 0. The molecule has 0 aromatic heterocycles. The second-order valence-corrected chi connectivity index (χ2v) is 17.7. The van der Waals surface area contributed by atoms with E-state index in [9.17, 15) is 0 Å². The Kier molecular flexibility index (Phi) is 4.01. The van der Waals surface area contributed by atoms with E-state index >= 15 is 0 Å². The normalized spacial score (nSPS) is 26.9. The van der Waals surface area contributed by atoms with Crippen LogP contribution in [-0.2, 0) is 0 Å². The first-order chi connectivity index (χ1) is 6.47. The van der Waals surface area contributed by atoms with Gasteiger partial charge in [0.2, 0.25) is 0 Å². The number of halogens is 2. The van der Waals surface area contributed by atoms with Crippen LogP contribution in [0, 0.1) is 0 Å². The number of nitrogens with zero attached hydrogens (tertiary/aromatic N) is 2. The van der Waals surface area contributed by atoms with E-state index in [1.807, 2.05) is 0 Å². The van der Waals surface area contributed by atoms with Crippen molar-refractivity contribution >= 4 is 34.4 Å². The van der Waals surface area contributed by atoms with Gasteiger partial charge in [0.05, 0.1) is 0 Å². The van der Waals surface area contributed by atoms with Gasteiger partial charge in [-0.3, -0.25) is 0 Å². The van der Waals surface area contributed by atoms with Gasteiger partial charge in [0.25, 0.3) is 0 Å². The van der Waals surface area contributed by atoms with Crippen molar-refractivity contribution in [1.29, 1.82) is 0 Å². The van der Waals surface area contributed by atoms with Crippen LogP contribution < -0.4 is 0 Å². The molecule has 1 heterocycles. The van der Waals surface area contributed by atoms with Crippen molar-refractivity contribution in [3.05, 3.63) is 0 Å². The molecule has 5 heteroatoms. The van der Waals surface area contributed by atoms with Gasteiger partial charge in [-0.05, 0) is 0 Å². The van der Waals surface area contributed by atoms with Crippen LogP contribution in [-0.4, -0.2) is 47.0 Å². The zero-order valence-electron chi connectivity index (χ0n) is 10.5. The summed E-state index contributed by atoms with van der Waals surface area (Å²) in [7, 11) is 13.4. The van der Waals surface area contributed by atoms with E-state index in [2.05, 4.69) is 47.8 Å². The van der Waals surface area contributed by atoms with Crippen LogP contribution in [0.2, 0.25) is 0 Å². The fraction of sp³-hybridized carbons (Fsp3) is 1.00. The standard InChI is InChI=1S/C10H22Cl2N2Te/c1-9(2,3)13-7-8-14(10(4,5)6)15(13,11)12/h7-8H2,1-6H3. The Labute approximate surface area is 106 Å². The first kappa shape index (κ1) is 14.4. The molecule has 0 atom stereocenters. The van der Waals surface area contributed by atoms with Gasteiger partial charge in [0.1, 0.15) is 0 Å². The quantitative estimate of drug-likeness (QED) is 0.606. The second-order valence-electron chi connectivity index (χ2n) is 5.96. The van der Waals surface area contributed by atoms with E-state index in [0.29, 0.717) is 0 Å². The Bertz CT molecular complexity index is 219. The third kappa shape index (κ3) is 2.94. The van der Waals surface area contributed by atoms with Crippen LogP contribution in [0.5, 0.6) is 0 Å². The molecule has 1 rings (SSSR count). The van der Waals surface area contributed by atoms with E-state index in [-0.39, 0.29) is 11.1 Å². The molecule has 1 saturated heterocycles. The molecule has 0 amide bonds. The van der Waals surface area contributed by atoms with Gasteiger partial charge in [-0.1, -0.05) is 0 Å². The number of hydrogen-bond donors (Lipinski definition) is 0. The average Bonchev–Trinajstić information content (AvgIpc) is 2.21. The minimum absolute atomic E-state index is 0.0740.